The second-order valence-electron chi connectivity index (χ2n) is 5.08. The minimum atomic E-state index is -0.829. The molecule has 2 heterocycles. The third kappa shape index (κ3) is 1.45. The van der Waals surface area contributed by atoms with Gasteiger partial charge >= 0.3 is 0 Å². The van der Waals surface area contributed by atoms with Gasteiger partial charge in [0.1, 0.15) is 12.0 Å². The molecular formula is C12H15FN2O2. The van der Waals surface area contributed by atoms with E-state index in [1.54, 1.807) is 0 Å². The Labute approximate surface area is 98.8 Å². The number of anilines is 2. The summed E-state index contributed by atoms with van der Waals surface area (Å²) in [5.41, 5.74) is 1.49. The highest BCUT2D eigenvalue weighted by Gasteiger charge is 2.37. The topological polar surface area (TPSA) is 53.5 Å². The highest BCUT2D eigenvalue weighted by atomic mass is 19.1. The zero-order valence-electron chi connectivity index (χ0n) is 9.80. The van der Waals surface area contributed by atoms with Crippen molar-refractivity contribution in [3.63, 3.8) is 0 Å². The van der Waals surface area contributed by atoms with Gasteiger partial charge in [0, 0.05) is 18.1 Å². The van der Waals surface area contributed by atoms with Crippen LogP contribution in [0.2, 0.25) is 0 Å². The lowest BCUT2D eigenvalue weighted by Crippen LogP contribution is -2.51. The first-order chi connectivity index (χ1) is 7.99. The van der Waals surface area contributed by atoms with Crippen molar-refractivity contribution >= 4 is 11.4 Å². The Balaban J connectivity index is 2.17. The molecule has 0 aliphatic carbocycles. The molecule has 0 aromatic heterocycles. The van der Waals surface area contributed by atoms with Crippen LogP contribution >= 0.6 is 0 Å². The molecule has 3 N–H and O–H groups in total. The second kappa shape index (κ2) is 3.26. The molecule has 2 aliphatic heterocycles. The van der Waals surface area contributed by atoms with Crippen LogP contribution in [0.4, 0.5) is 15.8 Å². The summed E-state index contributed by atoms with van der Waals surface area (Å²) < 4.78 is 19.2. The second-order valence-corrected chi connectivity index (χ2v) is 5.08. The summed E-state index contributed by atoms with van der Waals surface area (Å²) in [5, 5.41) is 15.9. The Morgan fingerprint density at radius 1 is 1.47 bits per heavy atom. The van der Waals surface area contributed by atoms with E-state index in [0.717, 1.165) is 12.0 Å². The molecule has 1 atom stereocenters. The highest BCUT2D eigenvalue weighted by Crippen LogP contribution is 2.43. The molecule has 0 saturated carbocycles. The van der Waals surface area contributed by atoms with Gasteiger partial charge in [-0.1, -0.05) is 0 Å². The first-order valence-corrected chi connectivity index (χ1v) is 5.70. The van der Waals surface area contributed by atoms with Gasteiger partial charge in [0.2, 0.25) is 0 Å². The number of benzene rings is 1. The van der Waals surface area contributed by atoms with Crippen LogP contribution in [0.25, 0.3) is 0 Å². The lowest BCUT2D eigenvalue weighted by Gasteiger charge is -2.40. The number of ether oxygens (including phenoxy) is 1. The van der Waals surface area contributed by atoms with Crippen molar-refractivity contribution in [1.29, 1.82) is 0 Å². The summed E-state index contributed by atoms with van der Waals surface area (Å²) in [4.78, 5) is 0. The number of aliphatic hydroxyl groups is 1. The standard InChI is InChI=1S/C12H15FN2O2/c1-12(2)11(16)14-10-7(13)5-8-6(3-4-17-8)9(10)15-12/h5,11,14-16H,3-4H2,1-2H3. The third-order valence-electron chi connectivity index (χ3n) is 3.37. The average Bonchev–Trinajstić information content (AvgIpc) is 2.69. The Bertz CT molecular complexity index is 488. The molecule has 0 radical (unpaired) electrons. The Morgan fingerprint density at radius 3 is 3.00 bits per heavy atom. The van der Waals surface area contributed by atoms with Crippen molar-refractivity contribution in [1.82, 2.24) is 0 Å². The number of halogens is 1. The number of aliphatic hydroxyl groups excluding tert-OH is 1. The smallest absolute Gasteiger partial charge is 0.152 e. The zero-order chi connectivity index (χ0) is 12.2. The van der Waals surface area contributed by atoms with Gasteiger partial charge in [-0.15, -0.1) is 0 Å². The fourth-order valence-electron chi connectivity index (χ4n) is 2.29. The fraction of sp³-hybridized carbons (Fsp3) is 0.500. The molecule has 17 heavy (non-hydrogen) atoms. The van der Waals surface area contributed by atoms with Crippen LogP contribution in [0.5, 0.6) is 5.75 Å². The maximum Gasteiger partial charge on any atom is 0.152 e. The summed E-state index contributed by atoms with van der Waals surface area (Å²) in [6.45, 7) is 4.30. The van der Waals surface area contributed by atoms with Gasteiger partial charge in [0.25, 0.3) is 0 Å². The van der Waals surface area contributed by atoms with E-state index in [-0.39, 0.29) is 0 Å². The van der Waals surface area contributed by atoms with Crippen molar-refractivity contribution in [2.75, 3.05) is 17.2 Å². The van der Waals surface area contributed by atoms with E-state index in [0.29, 0.717) is 23.7 Å². The largest absolute Gasteiger partial charge is 0.493 e. The van der Waals surface area contributed by atoms with Crippen molar-refractivity contribution in [3.8, 4) is 5.75 Å². The Kier molecular flexibility index (Phi) is 2.04. The molecule has 92 valence electrons. The minimum absolute atomic E-state index is 0.334. The third-order valence-corrected chi connectivity index (χ3v) is 3.37. The Hall–Kier alpha value is -1.49. The molecule has 4 nitrogen and oxygen atoms in total. The minimum Gasteiger partial charge on any atom is -0.493 e. The van der Waals surface area contributed by atoms with E-state index in [2.05, 4.69) is 10.6 Å². The van der Waals surface area contributed by atoms with Gasteiger partial charge in [-0.2, -0.15) is 0 Å². The van der Waals surface area contributed by atoms with E-state index >= 15 is 0 Å². The molecule has 3 rings (SSSR count). The molecule has 0 fully saturated rings. The van der Waals surface area contributed by atoms with Crippen LogP contribution in [0.3, 0.4) is 0 Å². The Morgan fingerprint density at radius 2 is 2.24 bits per heavy atom. The summed E-state index contributed by atoms with van der Waals surface area (Å²) in [5.74, 6) is 0.199. The molecule has 5 heteroatoms. The van der Waals surface area contributed by atoms with Gasteiger partial charge in [-0.05, 0) is 13.8 Å². The van der Waals surface area contributed by atoms with Crippen molar-refractivity contribution < 1.29 is 14.2 Å². The molecule has 0 spiro atoms. The van der Waals surface area contributed by atoms with Gasteiger partial charge in [-0.25, -0.2) is 4.39 Å². The maximum atomic E-state index is 13.9. The van der Waals surface area contributed by atoms with Crippen LogP contribution < -0.4 is 15.4 Å². The van der Waals surface area contributed by atoms with Crippen LogP contribution in [-0.4, -0.2) is 23.5 Å². The highest BCUT2D eigenvalue weighted by molar-refractivity contribution is 5.79. The van der Waals surface area contributed by atoms with Gasteiger partial charge in [0.15, 0.2) is 5.82 Å². The summed E-state index contributed by atoms with van der Waals surface area (Å²) in [6, 6.07) is 1.38. The van der Waals surface area contributed by atoms with E-state index in [9.17, 15) is 9.50 Å². The van der Waals surface area contributed by atoms with Crippen LogP contribution in [0.15, 0.2) is 6.07 Å². The first-order valence-electron chi connectivity index (χ1n) is 5.70. The van der Waals surface area contributed by atoms with E-state index in [4.69, 9.17) is 4.74 Å². The lowest BCUT2D eigenvalue weighted by molar-refractivity contribution is 0.137. The molecule has 1 aromatic carbocycles. The molecule has 0 saturated heterocycles. The summed E-state index contributed by atoms with van der Waals surface area (Å²) in [6.07, 6.45) is -0.0661. The summed E-state index contributed by atoms with van der Waals surface area (Å²) >= 11 is 0. The monoisotopic (exact) mass is 238 g/mol. The van der Waals surface area contributed by atoms with Gasteiger partial charge in [0.05, 0.1) is 23.5 Å². The van der Waals surface area contributed by atoms with Gasteiger partial charge < -0.3 is 20.5 Å². The molecule has 2 aliphatic rings. The number of hydrogen-bond donors (Lipinski definition) is 3. The van der Waals surface area contributed by atoms with E-state index in [1.807, 2.05) is 13.8 Å². The van der Waals surface area contributed by atoms with Crippen molar-refractivity contribution in [2.24, 2.45) is 0 Å². The predicted molar refractivity (Wildman–Crippen MR) is 62.9 cm³/mol. The first kappa shape index (κ1) is 10.7. The quantitative estimate of drug-likeness (QED) is 0.644. The molecule has 0 amide bonds. The zero-order valence-corrected chi connectivity index (χ0v) is 9.80. The molecular weight excluding hydrogens is 223 g/mol. The number of hydrogen-bond acceptors (Lipinski definition) is 4. The van der Waals surface area contributed by atoms with E-state index < -0.39 is 17.6 Å². The SMILES string of the molecule is CC1(C)Nc2c3c(cc(F)c2NC1O)OCC3. The van der Waals surface area contributed by atoms with E-state index in [1.165, 1.54) is 6.07 Å². The predicted octanol–water partition coefficient (Wildman–Crippen LogP) is 1.69. The lowest BCUT2D eigenvalue weighted by atomic mass is 9.96. The molecule has 0 bridgehead atoms. The molecule has 1 aromatic rings. The van der Waals surface area contributed by atoms with Gasteiger partial charge in [-0.3, -0.25) is 0 Å². The van der Waals surface area contributed by atoms with Crippen molar-refractivity contribution in [2.45, 2.75) is 32.0 Å². The maximum absolute atomic E-state index is 13.9. The summed E-state index contributed by atoms with van der Waals surface area (Å²) in [7, 11) is 0. The van der Waals surface area contributed by atoms with Crippen LogP contribution in [-0.2, 0) is 6.42 Å². The number of rotatable bonds is 0. The number of nitrogens with one attached hydrogen (secondary N) is 2. The number of fused-ring (bicyclic) bond motifs is 3. The fourth-order valence-corrected chi connectivity index (χ4v) is 2.29. The van der Waals surface area contributed by atoms with Crippen molar-refractivity contribution in [3.05, 3.63) is 17.4 Å². The average molecular weight is 238 g/mol. The van der Waals surface area contributed by atoms with Crippen LogP contribution in [0.1, 0.15) is 19.4 Å². The van der Waals surface area contributed by atoms with Crippen LogP contribution in [0, 0.1) is 5.82 Å². The molecule has 1 unspecified atom stereocenters. The normalized spacial score (nSPS) is 24.1.